The Morgan fingerprint density at radius 1 is 1.03 bits per heavy atom. The van der Waals surface area contributed by atoms with Crippen molar-refractivity contribution in [2.45, 2.75) is 26.4 Å². The molecule has 0 aliphatic heterocycles. The van der Waals surface area contributed by atoms with Crippen LogP contribution in [-0.2, 0) is 20.9 Å². The quantitative estimate of drug-likeness (QED) is 0.656. The molecule has 0 unspecified atom stereocenters. The fraction of sp³-hybridized carbons (Fsp3) is 0.318. The van der Waals surface area contributed by atoms with Crippen LogP contribution in [0.25, 0.3) is 0 Å². The maximum absolute atomic E-state index is 12.5. The van der Waals surface area contributed by atoms with Crippen LogP contribution in [0.2, 0.25) is 0 Å². The van der Waals surface area contributed by atoms with Gasteiger partial charge >= 0.3 is 5.97 Å². The molecular weight excluding hydrogens is 372 g/mol. The van der Waals surface area contributed by atoms with Crippen LogP contribution < -0.4 is 10.1 Å². The molecule has 0 atom stereocenters. The van der Waals surface area contributed by atoms with Crippen LogP contribution in [0, 0.1) is 0 Å². The summed E-state index contributed by atoms with van der Waals surface area (Å²) in [6, 6.07) is 16.1. The van der Waals surface area contributed by atoms with Crippen molar-refractivity contribution in [3.8, 4) is 5.75 Å². The van der Waals surface area contributed by atoms with Crippen molar-refractivity contribution < 1.29 is 23.9 Å². The van der Waals surface area contributed by atoms with E-state index in [1.54, 1.807) is 29.2 Å². The molecular formula is C22H26N2O5. The molecule has 0 heterocycles. The second-order valence-electron chi connectivity index (χ2n) is 6.68. The highest BCUT2D eigenvalue weighted by atomic mass is 16.5. The van der Waals surface area contributed by atoms with Crippen molar-refractivity contribution in [2.24, 2.45) is 0 Å². The zero-order valence-corrected chi connectivity index (χ0v) is 16.9. The SMILES string of the molecule is COc1cccc(C(=O)NCC(=O)OCC(=O)N(Cc2ccccc2)C(C)C)c1. The standard InChI is InChI=1S/C22H26N2O5/c1-16(2)24(14-17-8-5-4-6-9-17)20(25)15-29-21(26)13-23-22(27)18-10-7-11-19(12-18)28-3/h4-12,16H,13-15H2,1-3H3,(H,23,27). The minimum atomic E-state index is -0.682. The highest BCUT2D eigenvalue weighted by Gasteiger charge is 2.19. The van der Waals surface area contributed by atoms with Gasteiger partial charge in [-0.05, 0) is 37.6 Å². The molecule has 0 saturated carbocycles. The summed E-state index contributed by atoms with van der Waals surface area (Å²) in [4.78, 5) is 38.1. The van der Waals surface area contributed by atoms with Gasteiger partial charge in [-0.2, -0.15) is 0 Å². The van der Waals surface area contributed by atoms with Gasteiger partial charge in [0, 0.05) is 18.2 Å². The Morgan fingerprint density at radius 3 is 2.41 bits per heavy atom. The largest absolute Gasteiger partial charge is 0.497 e. The smallest absolute Gasteiger partial charge is 0.325 e. The highest BCUT2D eigenvalue weighted by Crippen LogP contribution is 2.12. The number of esters is 1. The van der Waals surface area contributed by atoms with Crippen LogP contribution in [0.5, 0.6) is 5.75 Å². The zero-order chi connectivity index (χ0) is 21.2. The highest BCUT2D eigenvalue weighted by molar-refractivity contribution is 5.96. The van der Waals surface area contributed by atoms with Gasteiger partial charge in [-0.3, -0.25) is 14.4 Å². The van der Waals surface area contributed by atoms with E-state index in [0.29, 0.717) is 17.9 Å². The Kier molecular flexibility index (Phi) is 8.21. The maximum Gasteiger partial charge on any atom is 0.325 e. The van der Waals surface area contributed by atoms with E-state index in [4.69, 9.17) is 9.47 Å². The fourth-order valence-corrected chi connectivity index (χ4v) is 2.63. The molecule has 0 aromatic heterocycles. The number of hydrogen-bond donors (Lipinski definition) is 1. The van der Waals surface area contributed by atoms with Crippen molar-refractivity contribution >= 4 is 17.8 Å². The van der Waals surface area contributed by atoms with Gasteiger partial charge < -0.3 is 19.7 Å². The Hall–Kier alpha value is -3.35. The first-order valence-corrected chi connectivity index (χ1v) is 9.32. The van der Waals surface area contributed by atoms with Crippen LogP contribution in [0.15, 0.2) is 54.6 Å². The number of hydrogen-bond acceptors (Lipinski definition) is 5. The third-order valence-electron chi connectivity index (χ3n) is 4.22. The summed E-state index contributed by atoms with van der Waals surface area (Å²) in [5, 5.41) is 2.47. The lowest BCUT2D eigenvalue weighted by Gasteiger charge is -2.26. The second-order valence-corrected chi connectivity index (χ2v) is 6.68. The van der Waals surface area contributed by atoms with E-state index in [9.17, 15) is 14.4 Å². The van der Waals surface area contributed by atoms with Gasteiger partial charge in [-0.15, -0.1) is 0 Å². The predicted molar refractivity (Wildman–Crippen MR) is 108 cm³/mol. The van der Waals surface area contributed by atoms with E-state index < -0.39 is 11.9 Å². The fourth-order valence-electron chi connectivity index (χ4n) is 2.63. The molecule has 1 N–H and O–H groups in total. The topological polar surface area (TPSA) is 84.9 Å². The number of carbonyl (C=O) groups excluding carboxylic acids is 3. The molecule has 7 heteroatoms. The van der Waals surface area contributed by atoms with E-state index in [1.807, 2.05) is 44.2 Å². The van der Waals surface area contributed by atoms with Gasteiger partial charge in [-0.25, -0.2) is 0 Å². The van der Waals surface area contributed by atoms with Gasteiger partial charge in [0.25, 0.3) is 11.8 Å². The monoisotopic (exact) mass is 398 g/mol. The first kappa shape index (κ1) is 21.9. The summed E-state index contributed by atoms with van der Waals surface area (Å²) in [5.41, 5.74) is 1.36. The average molecular weight is 398 g/mol. The number of methoxy groups -OCH3 is 1. The van der Waals surface area contributed by atoms with E-state index in [-0.39, 0.29) is 25.1 Å². The van der Waals surface area contributed by atoms with Crippen LogP contribution >= 0.6 is 0 Å². The van der Waals surface area contributed by atoms with Crippen LogP contribution in [0.3, 0.4) is 0 Å². The summed E-state index contributed by atoms with van der Waals surface area (Å²) in [6.45, 7) is 3.53. The minimum absolute atomic E-state index is 0.0471. The van der Waals surface area contributed by atoms with E-state index in [1.165, 1.54) is 7.11 Å². The van der Waals surface area contributed by atoms with Crippen molar-refractivity contribution in [3.63, 3.8) is 0 Å². The molecule has 154 valence electrons. The third kappa shape index (κ3) is 6.95. The molecule has 0 saturated heterocycles. The van der Waals surface area contributed by atoms with Gasteiger partial charge in [0.1, 0.15) is 12.3 Å². The Bertz CT molecular complexity index is 836. The molecule has 2 aromatic carbocycles. The molecule has 0 fully saturated rings. The number of carbonyl (C=O) groups is 3. The normalized spacial score (nSPS) is 10.3. The lowest BCUT2D eigenvalue weighted by Crippen LogP contribution is -2.40. The molecule has 2 aromatic rings. The van der Waals surface area contributed by atoms with E-state index >= 15 is 0 Å². The van der Waals surface area contributed by atoms with Gasteiger partial charge in [0.15, 0.2) is 6.61 Å². The molecule has 2 rings (SSSR count). The molecule has 0 spiro atoms. The Balaban J connectivity index is 1.82. The zero-order valence-electron chi connectivity index (χ0n) is 16.9. The van der Waals surface area contributed by atoms with Crippen molar-refractivity contribution in [1.29, 1.82) is 0 Å². The Labute approximate surface area is 170 Å². The van der Waals surface area contributed by atoms with Gasteiger partial charge in [0.05, 0.1) is 7.11 Å². The van der Waals surface area contributed by atoms with Crippen molar-refractivity contribution in [1.82, 2.24) is 10.2 Å². The van der Waals surface area contributed by atoms with Crippen molar-refractivity contribution in [3.05, 3.63) is 65.7 Å². The summed E-state index contributed by atoms with van der Waals surface area (Å²) < 4.78 is 10.1. The number of nitrogens with one attached hydrogen (secondary N) is 1. The number of nitrogens with zero attached hydrogens (tertiary/aromatic N) is 1. The van der Waals surface area contributed by atoms with Crippen LogP contribution in [-0.4, -0.2) is 49.0 Å². The first-order chi connectivity index (χ1) is 13.9. The number of amides is 2. The molecule has 7 nitrogen and oxygen atoms in total. The van der Waals surface area contributed by atoms with Gasteiger partial charge in [-0.1, -0.05) is 36.4 Å². The summed E-state index contributed by atoms with van der Waals surface area (Å²) in [6.07, 6.45) is 0. The molecule has 29 heavy (non-hydrogen) atoms. The molecule has 0 aliphatic carbocycles. The van der Waals surface area contributed by atoms with Crippen molar-refractivity contribution in [2.75, 3.05) is 20.3 Å². The minimum Gasteiger partial charge on any atom is -0.497 e. The van der Waals surface area contributed by atoms with Crippen LogP contribution in [0.1, 0.15) is 29.8 Å². The van der Waals surface area contributed by atoms with Crippen LogP contribution in [0.4, 0.5) is 0 Å². The summed E-state index contributed by atoms with van der Waals surface area (Å²) in [5.74, 6) is -0.868. The van der Waals surface area contributed by atoms with E-state index in [2.05, 4.69) is 5.32 Å². The summed E-state index contributed by atoms with van der Waals surface area (Å²) >= 11 is 0. The predicted octanol–water partition coefficient (Wildman–Crippen LogP) is 2.41. The lowest BCUT2D eigenvalue weighted by molar-refractivity contribution is -0.152. The number of benzene rings is 2. The molecule has 0 aliphatic rings. The third-order valence-corrected chi connectivity index (χ3v) is 4.22. The second kappa shape index (κ2) is 10.8. The summed E-state index contributed by atoms with van der Waals surface area (Å²) in [7, 11) is 1.50. The maximum atomic E-state index is 12.5. The molecule has 0 radical (unpaired) electrons. The number of rotatable bonds is 9. The molecule has 0 bridgehead atoms. The van der Waals surface area contributed by atoms with Gasteiger partial charge in [0.2, 0.25) is 0 Å². The average Bonchev–Trinajstić information content (AvgIpc) is 2.74. The lowest BCUT2D eigenvalue weighted by atomic mass is 10.2. The van der Waals surface area contributed by atoms with E-state index in [0.717, 1.165) is 5.56 Å². The number of ether oxygens (including phenoxy) is 2. The molecule has 2 amide bonds. The first-order valence-electron chi connectivity index (χ1n) is 9.32. The Morgan fingerprint density at radius 2 is 1.76 bits per heavy atom.